The van der Waals surface area contributed by atoms with E-state index in [0.717, 1.165) is 122 Å². The van der Waals surface area contributed by atoms with E-state index in [1.807, 2.05) is 153 Å². The first-order valence-corrected chi connectivity index (χ1v) is 40.0. The van der Waals surface area contributed by atoms with E-state index in [2.05, 4.69) is 185 Å². The van der Waals surface area contributed by atoms with Crippen molar-refractivity contribution in [2.24, 2.45) is 10.9 Å². The number of hydrazone groups is 1. The van der Waals surface area contributed by atoms with Gasteiger partial charge in [0.2, 0.25) is 0 Å². The summed E-state index contributed by atoms with van der Waals surface area (Å²) in [7, 11) is -0.400. The Balaban J connectivity index is 0.000000126. The van der Waals surface area contributed by atoms with Gasteiger partial charge in [0, 0.05) is 114 Å². The van der Waals surface area contributed by atoms with Gasteiger partial charge >= 0.3 is 7.12 Å². The Hall–Kier alpha value is -12.8. The molecule has 18 aromatic rings. The Kier molecular flexibility index (Phi) is 26.9. The Bertz CT molecular complexity index is 6610. The van der Waals surface area contributed by atoms with Crippen LogP contribution in [-0.4, -0.2) is 58.8 Å². The summed E-state index contributed by atoms with van der Waals surface area (Å²) in [4.78, 5) is 34.7. The molecule has 11 N–H and O–H groups in total. The van der Waals surface area contributed by atoms with E-state index in [0.29, 0.717) is 37.6 Å². The second-order valence-electron chi connectivity index (χ2n) is 28.8. The molecule has 119 heavy (non-hydrogen) atoms. The summed E-state index contributed by atoms with van der Waals surface area (Å²) in [6.07, 6.45) is 0. The number of nitrogens with zero attached hydrogens (tertiary/aromatic N) is 5. The molecule has 0 atom stereocenters. The van der Waals surface area contributed by atoms with Crippen LogP contribution in [0.4, 0.5) is 28.4 Å². The quantitative estimate of drug-likeness (QED) is 0.0129. The number of para-hydroxylation sites is 5. The maximum atomic E-state index is 10.9. The van der Waals surface area contributed by atoms with Crippen LogP contribution in [0.25, 0.3) is 99.6 Å². The number of carbonyl (C=O) groups excluding carboxylic acids is 2. The lowest BCUT2D eigenvalue weighted by Gasteiger charge is -2.32. The van der Waals surface area contributed by atoms with Gasteiger partial charge in [-0.2, -0.15) is 5.10 Å². The van der Waals surface area contributed by atoms with E-state index >= 15 is 0 Å². The minimum absolute atomic E-state index is 0.0648. The number of aromatic amines is 1. The largest absolute Gasteiger partial charge is 0.494 e. The Morgan fingerprint density at radius 3 is 1.34 bits per heavy atom. The van der Waals surface area contributed by atoms with Crippen LogP contribution < -0.4 is 39.4 Å². The highest BCUT2D eigenvalue weighted by molar-refractivity contribution is 6.67. The highest BCUT2D eigenvalue weighted by atomic mass is 35.5. The van der Waals surface area contributed by atoms with E-state index in [-0.39, 0.29) is 17.0 Å². The van der Waals surface area contributed by atoms with Gasteiger partial charge in [-0.1, -0.05) is 241 Å². The second-order valence-corrected chi connectivity index (χ2v) is 30.9. The molecule has 1 fully saturated rings. The molecule has 0 saturated carbocycles. The number of rotatable bonds is 10. The molecule has 16 nitrogen and oxygen atoms in total. The molecule has 19 rings (SSSR count). The van der Waals surface area contributed by atoms with Gasteiger partial charge < -0.3 is 36.9 Å². The van der Waals surface area contributed by atoms with Gasteiger partial charge in [-0.15, -0.1) is 0 Å². The zero-order valence-electron chi connectivity index (χ0n) is 65.9. The van der Waals surface area contributed by atoms with Crippen molar-refractivity contribution in [1.82, 2.24) is 23.8 Å². The Morgan fingerprint density at radius 1 is 0.437 bits per heavy atom. The van der Waals surface area contributed by atoms with Gasteiger partial charge in [0.15, 0.2) is 5.78 Å². The lowest BCUT2D eigenvalue weighted by molar-refractivity contribution is 0.00578. The molecule has 5 aromatic heterocycles. The van der Waals surface area contributed by atoms with Gasteiger partial charge in [-0.3, -0.25) is 29.7 Å². The minimum atomic E-state index is -0.407. The number of halogens is 5. The molecule has 22 heteroatoms. The molecule has 1 aliphatic rings. The number of ketones is 1. The maximum absolute atomic E-state index is 10.9. The smallest absolute Gasteiger partial charge is 0.399 e. The number of nitrogens with one attached hydrogen (secondary N) is 3. The van der Waals surface area contributed by atoms with Crippen LogP contribution in [0, 0.1) is 0 Å². The molecule has 0 radical (unpaired) electrons. The number of hydrogen-bond acceptors (Lipinski definition) is 13. The molecule has 13 aromatic carbocycles. The monoisotopic (exact) mass is 1670 g/mol. The third kappa shape index (κ3) is 20.3. The van der Waals surface area contributed by atoms with Crippen molar-refractivity contribution in [2.75, 3.05) is 28.1 Å². The van der Waals surface area contributed by atoms with Crippen LogP contribution in [0.1, 0.15) is 67.8 Å². The third-order valence-electron chi connectivity index (χ3n) is 20.1. The van der Waals surface area contributed by atoms with E-state index in [1.165, 1.54) is 23.1 Å². The number of nitrogen functional groups attached to an aromatic ring is 4. The number of nitrogens with two attached hydrogens (primary N) is 4. The summed E-state index contributed by atoms with van der Waals surface area (Å²) in [5, 5.41) is 12.2. The van der Waals surface area contributed by atoms with Crippen molar-refractivity contribution < 1.29 is 18.9 Å². The van der Waals surface area contributed by atoms with Crippen molar-refractivity contribution in [3.63, 3.8) is 0 Å². The van der Waals surface area contributed by atoms with E-state index in [1.54, 1.807) is 60.7 Å². The lowest BCUT2D eigenvalue weighted by Crippen LogP contribution is -2.41. The normalized spacial score (nSPS) is 12.5. The van der Waals surface area contributed by atoms with E-state index in [4.69, 9.17) is 100 Å². The van der Waals surface area contributed by atoms with E-state index in [9.17, 15) is 9.59 Å². The first-order valence-electron chi connectivity index (χ1n) is 38.1. The number of benzene rings is 13. The maximum Gasteiger partial charge on any atom is 0.494 e. The molecule has 0 spiro atoms. The molecule has 1 saturated heterocycles. The van der Waals surface area contributed by atoms with Crippen molar-refractivity contribution in [2.45, 2.75) is 52.7 Å². The molecule has 6 heterocycles. The fraction of sp³-hybridized carbons (Fsp3) is 0.0825. The fourth-order valence-corrected chi connectivity index (χ4v) is 14.1. The molecule has 0 amide bonds. The topological polar surface area (TPSA) is 243 Å². The predicted molar refractivity (Wildman–Crippen MR) is 500 cm³/mol. The third-order valence-corrected chi connectivity index (χ3v) is 21.3. The zero-order chi connectivity index (χ0) is 83.9. The minimum Gasteiger partial charge on any atom is -0.399 e. The lowest BCUT2D eigenvalue weighted by atomic mass is 9.78. The first kappa shape index (κ1) is 84.1. The SMILES string of the molecule is C/C(=N\Nc1ccccc1)c1cc(Cl)ccc1N.CC(=O)c1cc(Cl)ccc1N.CC1(C)OB(c2ccc3nc(-c4ccccc4)n4c5ccccc5cc4c3c2)OC1(C)C.Clc1ccc2nc(-c3ccccc3)n3c4ccccc4cc3c2c1.NNc1ccccc1.Nc1ccc(Cl)cc1-c1cc2ccccc2[nH]1.O=C(Cl)c1ccccc1. The Labute approximate surface area is 715 Å². The van der Waals surface area contributed by atoms with Crippen LogP contribution >= 0.6 is 58.0 Å². The van der Waals surface area contributed by atoms with Gasteiger partial charge in [-0.05, 0) is 198 Å². The number of Topliss-reactive ketones (excluding diaryl/α,β-unsaturated/α-hetero) is 1. The zero-order valence-corrected chi connectivity index (χ0v) is 69.7. The van der Waals surface area contributed by atoms with Gasteiger partial charge in [0.05, 0.1) is 55.7 Å². The number of carbonyl (C=O) groups is 2. The molecule has 594 valence electrons. The number of anilines is 5. The molecule has 0 unspecified atom stereocenters. The molecular formula is C97H84BCl5N12O4. The number of fused-ring (bicyclic) bond motifs is 11. The summed E-state index contributed by atoms with van der Waals surface area (Å²) in [5.41, 5.74) is 41.2. The molecule has 0 aliphatic carbocycles. The molecule has 1 aliphatic heterocycles. The highest BCUT2D eigenvalue weighted by Gasteiger charge is 2.51. The molecule has 0 bridgehead atoms. The van der Waals surface area contributed by atoms with Gasteiger partial charge in [-0.25, -0.2) is 9.97 Å². The average molecular weight is 1670 g/mol. The number of hydrogen-bond donors (Lipinski definition) is 7. The summed E-state index contributed by atoms with van der Waals surface area (Å²) in [6, 6.07) is 108. The van der Waals surface area contributed by atoms with Gasteiger partial charge in [0.25, 0.3) is 5.24 Å². The first-order chi connectivity index (χ1) is 57.4. The van der Waals surface area contributed by atoms with Crippen molar-refractivity contribution in [3.8, 4) is 34.0 Å². The summed E-state index contributed by atoms with van der Waals surface area (Å²) in [6.45, 7) is 11.7. The summed E-state index contributed by atoms with van der Waals surface area (Å²) >= 11 is 29.0. The predicted octanol–water partition coefficient (Wildman–Crippen LogP) is 24.6. The molecular weight excluding hydrogens is 1590 g/mol. The van der Waals surface area contributed by atoms with Gasteiger partial charge in [0.1, 0.15) is 11.6 Å². The summed E-state index contributed by atoms with van der Waals surface area (Å²) < 4.78 is 17.1. The standard InChI is InChI=1S/C27H25BN2O2.C21H13ClN2.C14H14ClN3.C14H11ClN2.C8H8ClNO.C7H5ClO.C6H8N2/c1-26(2)27(3,4)32-28(31-26)20-14-15-22-21(17-20)24-16-19-12-8-9-13-23(19)30(24)25(29-22)18-10-6-5-7-11-18;22-16-10-11-18-17(13-16)20-12-15-8-4-5-9-19(15)24(20)21(23-18)14-6-2-1-3-7-14;1-10(13-9-11(15)7-8-14(13)16)17-18-12-5-3-2-4-6-12;15-10-5-6-12(16)11(8-10)14-7-9-3-1-2-4-13(9)17-14;1-5(11)7-4-6(9)2-3-8(7)10;8-7(9)6-4-2-1-3-5-6;7-8-6-4-2-1-3-5-6/h5-17H,1-4H3;1-13H;2-9,18H,16H2,1H3;1-8,17H,16H2;2-4H,10H2,1H3;1-5H;1-5,8H,7H2/b;;17-10+;;;;. The number of H-pyrrole nitrogens is 1. The Morgan fingerprint density at radius 2 is 0.857 bits per heavy atom. The number of aromatic nitrogens is 5. The van der Waals surface area contributed by atoms with Crippen LogP contribution in [0.2, 0.25) is 20.1 Å². The number of hydrazine groups is 1. The van der Waals surface area contributed by atoms with Crippen LogP contribution in [0.3, 0.4) is 0 Å². The average Bonchev–Trinajstić information content (AvgIpc) is 1.60. The van der Waals surface area contributed by atoms with Crippen molar-refractivity contribution >= 4 is 181 Å². The van der Waals surface area contributed by atoms with Crippen molar-refractivity contribution in [1.29, 1.82) is 0 Å². The van der Waals surface area contributed by atoms with Crippen LogP contribution in [-0.2, 0) is 9.31 Å². The fourth-order valence-electron chi connectivity index (χ4n) is 13.3. The highest BCUT2D eigenvalue weighted by Crippen LogP contribution is 2.39. The van der Waals surface area contributed by atoms with E-state index < -0.39 is 12.4 Å². The second kappa shape index (κ2) is 38.1. The van der Waals surface area contributed by atoms with Crippen LogP contribution in [0.5, 0.6) is 0 Å². The summed E-state index contributed by atoms with van der Waals surface area (Å²) in [5.74, 6) is 6.92. The van der Waals surface area contributed by atoms with Crippen LogP contribution in [0.15, 0.2) is 339 Å². The van der Waals surface area contributed by atoms with Crippen molar-refractivity contribution in [3.05, 3.63) is 370 Å².